The van der Waals surface area contributed by atoms with Crippen LogP contribution in [0.3, 0.4) is 0 Å². The van der Waals surface area contributed by atoms with Gasteiger partial charge in [0.2, 0.25) is 0 Å². The van der Waals surface area contributed by atoms with E-state index in [-0.39, 0.29) is 11.9 Å². The molecule has 0 fully saturated rings. The van der Waals surface area contributed by atoms with Crippen LogP contribution in [0.5, 0.6) is 0 Å². The highest BCUT2D eigenvalue weighted by molar-refractivity contribution is 6.30. The highest BCUT2D eigenvalue weighted by Crippen LogP contribution is 2.15. The van der Waals surface area contributed by atoms with Gasteiger partial charge in [-0.05, 0) is 42.3 Å². The summed E-state index contributed by atoms with van der Waals surface area (Å²) in [4.78, 5) is 0. The van der Waals surface area contributed by atoms with E-state index in [0.717, 1.165) is 22.7 Å². The zero-order chi connectivity index (χ0) is 13.0. The highest BCUT2D eigenvalue weighted by Gasteiger charge is 2.04. The molecule has 3 heteroatoms. The van der Waals surface area contributed by atoms with E-state index < -0.39 is 0 Å². The number of benzene rings is 2. The Balaban J connectivity index is 1.96. The zero-order valence-electron chi connectivity index (χ0n) is 10.2. The predicted octanol–water partition coefficient (Wildman–Crippen LogP) is 4.33. The Morgan fingerprint density at radius 2 is 1.89 bits per heavy atom. The van der Waals surface area contributed by atoms with E-state index in [4.69, 9.17) is 11.6 Å². The van der Waals surface area contributed by atoms with Gasteiger partial charge in [0.05, 0.1) is 0 Å². The maximum atomic E-state index is 12.8. The molecule has 0 bridgehead atoms. The molecule has 2 aromatic carbocycles. The molecule has 0 aromatic heterocycles. The third-order valence-electron chi connectivity index (χ3n) is 2.87. The van der Waals surface area contributed by atoms with E-state index in [1.165, 1.54) is 12.1 Å². The van der Waals surface area contributed by atoms with Gasteiger partial charge >= 0.3 is 0 Å². The van der Waals surface area contributed by atoms with Crippen LogP contribution in [0.4, 0.5) is 4.39 Å². The monoisotopic (exact) mass is 263 g/mol. The van der Waals surface area contributed by atoms with Crippen LogP contribution in [0, 0.1) is 5.82 Å². The van der Waals surface area contributed by atoms with Gasteiger partial charge in [0.1, 0.15) is 5.82 Å². The van der Waals surface area contributed by atoms with Crippen molar-refractivity contribution in [3.05, 3.63) is 70.5 Å². The first kappa shape index (κ1) is 13.1. The Kier molecular flexibility index (Phi) is 4.34. The fourth-order valence-electron chi connectivity index (χ4n) is 1.79. The number of nitrogens with one attached hydrogen (secondary N) is 1. The standard InChI is InChI=1S/C15H15ClFN/c1-11(13-5-7-15(17)8-6-13)18-10-12-3-2-4-14(16)9-12/h2-9,11,18H,10H2,1H3/t11-/m0/s1. The highest BCUT2D eigenvalue weighted by atomic mass is 35.5. The topological polar surface area (TPSA) is 12.0 Å². The first-order valence-electron chi connectivity index (χ1n) is 5.88. The number of hydrogen-bond acceptors (Lipinski definition) is 1. The molecule has 1 nitrogen and oxygen atoms in total. The van der Waals surface area contributed by atoms with E-state index in [1.807, 2.05) is 24.3 Å². The summed E-state index contributed by atoms with van der Waals surface area (Å²) in [5.41, 5.74) is 2.20. The summed E-state index contributed by atoms with van der Waals surface area (Å²) in [5.74, 6) is -0.208. The third kappa shape index (κ3) is 3.56. The van der Waals surface area contributed by atoms with Crippen molar-refractivity contribution >= 4 is 11.6 Å². The van der Waals surface area contributed by atoms with E-state index >= 15 is 0 Å². The summed E-state index contributed by atoms with van der Waals surface area (Å²) >= 11 is 5.93. The fraction of sp³-hybridized carbons (Fsp3) is 0.200. The second-order valence-corrected chi connectivity index (χ2v) is 4.72. The van der Waals surface area contributed by atoms with Crippen molar-refractivity contribution in [3.63, 3.8) is 0 Å². The average molecular weight is 264 g/mol. The summed E-state index contributed by atoms with van der Waals surface area (Å²) in [5, 5.41) is 4.12. The molecular formula is C15H15ClFN. The lowest BCUT2D eigenvalue weighted by atomic mass is 10.1. The van der Waals surface area contributed by atoms with Gasteiger partial charge in [0, 0.05) is 17.6 Å². The molecule has 1 atom stereocenters. The lowest BCUT2D eigenvalue weighted by Crippen LogP contribution is -2.18. The summed E-state index contributed by atoms with van der Waals surface area (Å²) in [6.07, 6.45) is 0. The van der Waals surface area contributed by atoms with E-state index in [0.29, 0.717) is 0 Å². The molecule has 18 heavy (non-hydrogen) atoms. The SMILES string of the molecule is C[C@H](NCc1cccc(Cl)c1)c1ccc(F)cc1. The second-order valence-electron chi connectivity index (χ2n) is 4.28. The Hall–Kier alpha value is -1.38. The van der Waals surface area contributed by atoms with Gasteiger partial charge in [0.25, 0.3) is 0 Å². The number of hydrogen-bond donors (Lipinski definition) is 1. The minimum Gasteiger partial charge on any atom is -0.306 e. The normalized spacial score (nSPS) is 12.4. The fourth-order valence-corrected chi connectivity index (χ4v) is 2.00. The van der Waals surface area contributed by atoms with Gasteiger partial charge < -0.3 is 5.32 Å². The third-order valence-corrected chi connectivity index (χ3v) is 3.11. The van der Waals surface area contributed by atoms with Crippen molar-refractivity contribution in [2.45, 2.75) is 19.5 Å². The first-order chi connectivity index (χ1) is 8.65. The molecule has 0 aliphatic carbocycles. The van der Waals surface area contributed by atoms with Crippen LogP contribution in [0.25, 0.3) is 0 Å². The molecule has 0 spiro atoms. The number of rotatable bonds is 4. The molecule has 0 heterocycles. The number of halogens is 2. The molecule has 2 rings (SSSR count). The van der Waals surface area contributed by atoms with Gasteiger partial charge in [-0.1, -0.05) is 35.9 Å². The van der Waals surface area contributed by atoms with Crippen molar-refractivity contribution < 1.29 is 4.39 Å². The van der Waals surface area contributed by atoms with Gasteiger partial charge in [-0.25, -0.2) is 4.39 Å². The molecule has 0 aliphatic rings. The van der Waals surface area contributed by atoms with Crippen LogP contribution in [-0.4, -0.2) is 0 Å². The Morgan fingerprint density at radius 3 is 2.56 bits per heavy atom. The summed E-state index contributed by atoms with van der Waals surface area (Å²) in [6, 6.07) is 14.5. The van der Waals surface area contributed by atoms with Crippen LogP contribution in [0.15, 0.2) is 48.5 Å². The largest absolute Gasteiger partial charge is 0.306 e. The predicted molar refractivity (Wildman–Crippen MR) is 73.1 cm³/mol. The minimum absolute atomic E-state index is 0.171. The lowest BCUT2D eigenvalue weighted by molar-refractivity contribution is 0.571. The summed E-state index contributed by atoms with van der Waals surface area (Å²) < 4.78 is 12.8. The molecule has 2 aromatic rings. The van der Waals surface area contributed by atoms with E-state index in [2.05, 4.69) is 12.2 Å². The first-order valence-corrected chi connectivity index (χ1v) is 6.26. The average Bonchev–Trinajstić information content (AvgIpc) is 2.37. The van der Waals surface area contributed by atoms with Crippen molar-refractivity contribution in [2.24, 2.45) is 0 Å². The molecular weight excluding hydrogens is 249 g/mol. The molecule has 94 valence electrons. The molecule has 0 amide bonds. The van der Waals surface area contributed by atoms with E-state index in [1.54, 1.807) is 12.1 Å². The van der Waals surface area contributed by atoms with Crippen molar-refractivity contribution in [1.29, 1.82) is 0 Å². The molecule has 1 N–H and O–H groups in total. The van der Waals surface area contributed by atoms with Gasteiger partial charge in [-0.15, -0.1) is 0 Å². The zero-order valence-corrected chi connectivity index (χ0v) is 10.9. The maximum Gasteiger partial charge on any atom is 0.123 e. The summed E-state index contributed by atoms with van der Waals surface area (Å²) in [7, 11) is 0. The molecule has 0 unspecified atom stereocenters. The van der Waals surface area contributed by atoms with Crippen molar-refractivity contribution in [2.75, 3.05) is 0 Å². The molecule has 0 aliphatic heterocycles. The van der Waals surface area contributed by atoms with Crippen molar-refractivity contribution in [3.8, 4) is 0 Å². The van der Waals surface area contributed by atoms with Crippen LogP contribution < -0.4 is 5.32 Å². The van der Waals surface area contributed by atoms with Gasteiger partial charge in [0.15, 0.2) is 0 Å². The van der Waals surface area contributed by atoms with Gasteiger partial charge in [-0.2, -0.15) is 0 Å². The maximum absolute atomic E-state index is 12.8. The minimum atomic E-state index is -0.208. The van der Waals surface area contributed by atoms with Crippen LogP contribution >= 0.6 is 11.6 Å². The van der Waals surface area contributed by atoms with Crippen LogP contribution in [0.2, 0.25) is 5.02 Å². The quantitative estimate of drug-likeness (QED) is 0.866. The van der Waals surface area contributed by atoms with E-state index in [9.17, 15) is 4.39 Å². The smallest absolute Gasteiger partial charge is 0.123 e. The molecule has 0 radical (unpaired) electrons. The summed E-state index contributed by atoms with van der Waals surface area (Å²) in [6.45, 7) is 2.79. The lowest BCUT2D eigenvalue weighted by Gasteiger charge is -2.14. The Bertz CT molecular complexity index is 510. The van der Waals surface area contributed by atoms with Crippen molar-refractivity contribution in [1.82, 2.24) is 5.32 Å². The molecule has 0 saturated carbocycles. The Morgan fingerprint density at radius 1 is 1.17 bits per heavy atom. The van der Waals surface area contributed by atoms with Crippen LogP contribution in [0.1, 0.15) is 24.1 Å². The Labute approximate surface area is 112 Å². The van der Waals surface area contributed by atoms with Crippen LogP contribution in [-0.2, 0) is 6.54 Å². The van der Waals surface area contributed by atoms with Gasteiger partial charge in [-0.3, -0.25) is 0 Å². The molecule has 0 saturated heterocycles. The second kappa shape index (κ2) is 5.98.